The van der Waals surface area contributed by atoms with Gasteiger partial charge in [0.2, 0.25) is 0 Å². The predicted molar refractivity (Wildman–Crippen MR) is 88.9 cm³/mol. The summed E-state index contributed by atoms with van der Waals surface area (Å²) in [6.07, 6.45) is 5.00. The second-order valence-electron chi connectivity index (χ2n) is 5.85. The fourth-order valence-electron chi connectivity index (χ4n) is 2.92. The molecule has 1 atom stereocenters. The van der Waals surface area contributed by atoms with E-state index in [0.29, 0.717) is 10.8 Å². The second kappa shape index (κ2) is 5.79. The molecule has 3 heterocycles. The molecule has 6 heteroatoms. The SMILES string of the molecule is O=C(O)c1cc2ccc(-c3cnn(CC4CCOC4)c3)cc2s1. The van der Waals surface area contributed by atoms with Crippen LogP contribution in [0, 0.1) is 5.92 Å². The lowest BCUT2D eigenvalue weighted by atomic mass is 10.1. The topological polar surface area (TPSA) is 64.3 Å². The lowest BCUT2D eigenvalue weighted by Gasteiger charge is -2.06. The van der Waals surface area contributed by atoms with E-state index in [1.54, 1.807) is 6.07 Å². The maximum absolute atomic E-state index is 11.1. The van der Waals surface area contributed by atoms with E-state index in [9.17, 15) is 4.79 Å². The summed E-state index contributed by atoms with van der Waals surface area (Å²) < 4.78 is 8.35. The quantitative estimate of drug-likeness (QED) is 0.796. The Hall–Kier alpha value is -2.18. The van der Waals surface area contributed by atoms with Crippen molar-refractivity contribution in [2.75, 3.05) is 13.2 Å². The Balaban J connectivity index is 1.60. The molecule has 1 fully saturated rings. The third kappa shape index (κ3) is 2.87. The second-order valence-corrected chi connectivity index (χ2v) is 6.93. The van der Waals surface area contributed by atoms with Gasteiger partial charge in [0.05, 0.1) is 12.8 Å². The highest BCUT2D eigenvalue weighted by molar-refractivity contribution is 7.20. The normalized spacial score (nSPS) is 17.8. The number of carboxylic acids is 1. The summed E-state index contributed by atoms with van der Waals surface area (Å²) >= 11 is 1.30. The van der Waals surface area contributed by atoms with Crippen LogP contribution in [0.3, 0.4) is 0 Å². The molecule has 1 N–H and O–H groups in total. The van der Waals surface area contributed by atoms with Gasteiger partial charge < -0.3 is 9.84 Å². The zero-order valence-corrected chi connectivity index (χ0v) is 13.3. The summed E-state index contributed by atoms with van der Waals surface area (Å²) in [7, 11) is 0. The summed E-state index contributed by atoms with van der Waals surface area (Å²) in [5.74, 6) is -0.333. The largest absolute Gasteiger partial charge is 0.477 e. The van der Waals surface area contributed by atoms with E-state index in [-0.39, 0.29) is 0 Å². The first-order valence-corrected chi connectivity index (χ1v) is 8.38. The van der Waals surface area contributed by atoms with Crippen molar-refractivity contribution in [3.05, 3.63) is 41.5 Å². The van der Waals surface area contributed by atoms with Crippen LogP contribution in [0.1, 0.15) is 16.1 Å². The van der Waals surface area contributed by atoms with Crippen molar-refractivity contribution in [3.8, 4) is 11.1 Å². The van der Waals surface area contributed by atoms with Crippen LogP contribution in [-0.2, 0) is 11.3 Å². The minimum Gasteiger partial charge on any atom is -0.477 e. The Morgan fingerprint density at radius 2 is 2.30 bits per heavy atom. The van der Waals surface area contributed by atoms with Gasteiger partial charge in [0, 0.05) is 35.5 Å². The molecule has 0 spiro atoms. The maximum atomic E-state index is 11.1. The molecule has 0 saturated carbocycles. The Kier molecular flexibility index (Phi) is 3.63. The van der Waals surface area contributed by atoms with Gasteiger partial charge >= 0.3 is 5.97 Å². The molecular weight excluding hydrogens is 312 g/mol. The Morgan fingerprint density at radius 1 is 1.39 bits per heavy atom. The summed E-state index contributed by atoms with van der Waals surface area (Å²) in [6, 6.07) is 7.73. The molecule has 1 aromatic carbocycles. The van der Waals surface area contributed by atoms with Crippen molar-refractivity contribution in [2.45, 2.75) is 13.0 Å². The van der Waals surface area contributed by atoms with Crippen molar-refractivity contribution in [2.24, 2.45) is 5.92 Å². The first-order valence-electron chi connectivity index (χ1n) is 7.56. The van der Waals surface area contributed by atoms with E-state index in [4.69, 9.17) is 9.84 Å². The molecular formula is C17H16N2O3S. The summed E-state index contributed by atoms with van der Waals surface area (Å²) in [5.41, 5.74) is 2.11. The Bertz CT molecular complexity index is 862. The molecule has 0 radical (unpaired) electrons. The minimum atomic E-state index is -0.876. The molecule has 23 heavy (non-hydrogen) atoms. The number of benzene rings is 1. The average Bonchev–Trinajstić information content (AvgIpc) is 3.26. The number of fused-ring (bicyclic) bond motifs is 1. The van der Waals surface area contributed by atoms with Crippen LogP contribution in [0.2, 0.25) is 0 Å². The van der Waals surface area contributed by atoms with E-state index in [2.05, 4.69) is 5.10 Å². The van der Waals surface area contributed by atoms with Gasteiger partial charge in [0.1, 0.15) is 4.88 Å². The number of aromatic nitrogens is 2. The number of aromatic carboxylic acids is 1. The van der Waals surface area contributed by atoms with Gasteiger partial charge in [-0.05, 0) is 29.5 Å². The molecule has 1 aliphatic heterocycles. The van der Waals surface area contributed by atoms with Crippen molar-refractivity contribution in [1.82, 2.24) is 9.78 Å². The third-order valence-corrected chi connectivity index (χ3v) is 5.25. The van der Waals surface area contributed by atoms with E-state index in [1.165, 1.54) is 11.3 Å². The number of carboxylic acid groups (broad SMARTS) is 1. The summed E-state index contributed by atoms with van der Waals surface area (Å²) in [5, 5.41) is 14.5. The standard InChI is InChI=1S/C17H16N2O3S/c20-17(21)16-6-13-2-1-12(5-15(13)23-16)14-7-18-19(9-14)8-11-3-4-22-10-11/h1-2,5-7,9,11H,3-4,8,10H2,(H,20,21). The van der Waals surface area contributed by atoms with Gasteiger partial charge in [0.15, 0.2) is 0 Å². The predicted octanol–water partition coefficient (Wildman–Crippen LogP) is 3.50. The van der Waals surface area contributed by atoms with Crippen molar-refractivity contribution < 1.29 is 14.6 Å². The van der Waals surface area contributed by atoms with Gasteiger partial charge in [0.25, 0.3) is 0 Å². The molecule has 5 nitrogen and oxygen atoms in total. The van der Waals surface area contributed by atoms with Crippen LogP contribution in [-0.4, -0.2) is 34.1 Å². The molecule has 1 unspecified atom stereocenters. The van der Waals surface area contributed by atoms with Crippen LogP contribution in [0.4, 0.5) is 0 Å². The molecule has 0 aliphatic carbocycles. The first kappa shape index (κ1) is 14.4. The first-order chi connectivity index (χ1) is 11.2. The van der Waals surface area contributed by atoms with Gasteiger partial charge in [-0.3, -0.25) is 4.68 Å². The molecule has 4 rings (SSSR count). The molecule has 1 saturated heterocycles. The highest BCUT2D eigenvalue weighted by Gasteiger charge is 2.17. The fourth-order valence-corrected chi connectivity index (χ4v) is 3.86. The van der Waals surface area contributed by atoms with Crippen LogP contribution < -0.4 is 0 Å². The van der Waals surface area contributed by atoms with Crippen LogP contribution in [0.5, 0.6) is 0 Å². The fraction of sp³-hybridized carbons (Fsp3) is 0.294. The molecule has 1 aliphatic rings. The van der Waals surface area contributed by atoms with Crippen LogP contribution >= 0.6 is 11.3 Å². The average molecular weight is 328 g/mol. The molecule has 0 amide bonds. The van der Waals surface area contributed by atoms with Crippen molar-refractivity contribution in [1.29, 1.82) is 0 Å². The maximum Gasteiger partial charge on any atom is 0.345 e. The van der Waals surface area contributed by atoms with Gasteiger partial charge in [-0.2, -0.15) is 5.10 Å². The van der Waals surface area contributed by atoms with E-state index < -0.39 is 5.97 Å². The van der Waals surface area contributed by atoms with E-state index in [1.807, 2.05) is 35.3 Å². The molecule has 2 aromatic heterocycles. The molecule has 118 valence electrons. The zero-order chi connectivity index (χ0) is 15.8. The zero-order valence-electron chi connectivity index (χ0n) is 12.4. The summed E-state index contributed by atoms with van der Waals surface area (Å²) in [4.78, 5) is 11.4. The smallest absolute Gasteiger partial charge is 0.345 e. The van der Waals surface area contributed by atoms with Gasteiger partial charge in [-0.15, -0.1) is 11.3 Å². The third-order valence-electron chi connectivity index (χ3n) is 4.17. The number of hydrogen-bond donors (Lipinski definition) is 1. The minimum absolute atomic E-state index is 0.370. The Labute approximate surface area is 137 Å². The number of thiophene rings is 1. The highest BCUT2D eigenvalue weighted by Crippen LogP contribution is 2.30. The van der Waals surface area contributed by atoms with Gasteiger partial charge in [-0.1, -0.05) is 12.1 Å². The lowest BCUT2D eigenvalue weighted by molar-refractivity contribution is 0.0702. The van der Waals surface area contributed by atoms with Crippen LogP contribution in [0.25, 0.3) is 21.2 Å². The summed E-state index contributed by atoms with van der Waals surface area (Å²) in [6.45, 7) is 2.54. The number of ether oxygens (including phenoxy) is 1. The van der Waals surface area contributed by atoms with Crippen LogP contribution in [0.15, 0.2) is 36.7 Å². The number of nitrogens with zero attached hydrogens (tertiary/aromatic N) is 2. The van der Waals surface area contributed by atoms with Crippen molar-refractivity contribution in [3.63, 3.8) is 0 Å². The number of carbonyl (C=O) groups is 1. The van der Waals surface area contributed by atoms with E-state index >= 15 is 0 Å². The highest BCUT2D eigenvalue weighted by atomic mass is 32.1. The number of rotatable bonds is 4. The number of hydrogen-bond acceptors (Lipinski definition) is 4. The van der Waals surface area contributed by atoms with Crippen molar-refractivity contribution >= 4 is 27.4 Å². The lowest BCUT2D eigenvalue weighted by Crippen LogP contribution is -2.10. The molecule has 3 aromatic rings. The monoisotopic (exact) mass is 328 g/mol. The van der Waals surface area contributed by atoms with Gasteiger partial charge in [-0.25, -0.2) is 4.79 Å². The Morgan fingerprint density at radius 3 is 3.09 bits per heavy atom. The molecule has 0 bridgehead atoms. The van der Waals surface area contributed by atoms with E-state index in [0.717, 1.165) is 47.4 Å².